The second-order valence-electron chi connectivity index (χ2n) is 10.6. The van der Waals surface area contributed by atoms with Gasteiger partial charge in [-0.3, -0.25) is 13.9 Å². The molecule has 45 heavy (non-hydrogen) atoms. The number of anilines is 1. The summed E-state index contributed by atoms with van der Waals surface area (Å²) in [4.78, 5) is 29.8. The quantitative estimate of drug-likeness (QED) is 0.154. The minimum Gasteiger partial charge on any atom is -0.352 e. The maximum absolute atomic E-state index is 14.5. The molecule has 0 saturated heterocycles. The molecular formula is C34H34BrCl2N3O4S. The van der Waals surface area contributed by atoms with Crippen molar-refractivity contribution in [2.45, 2.75) is 50.2 Å². The standard InChI is InChI=1S/C34H34BrCl2N3O4S/c1-3-24(2)38-34(42)32(20-25-10-6-4-7-11-25)39(22-26-14-16-27(35)17-15-26)33(41)23-40(28-18-19-30(36)31(37)21-28)45(43,44)29-12-8-5-9-13-29/h4-19,21,24,32H,3,20,22-23H2,1-2H3,(H,38,42)/t24-,32-/m1/s1. The maximum Gasteiger partial charge on any atom is 0.264 e. The molecule has 0 aliphatic rings. The average Bonchev–Trinajstić information content (AvgIpc) is 3.04. The Labute approximate surface area is 283 Å². The summed E-state index contributed by atoms with van der Waals surface area (Å²) in [6.07, 6.45) is 0.925. The molecule has 11 heteroatoms. The Bertz CT molecular complexity index is 1710. The van der Waals surface area contributed by atoms with Crippen molar-refractivity contribution in [1.82, 2.24) is 10.2 Å². The van der Waals surface area contributed by atoms with Gasteiger partial charge in [0.25, 0.3) is 10.0 Å². The van der Waals surface area contributed by atoms with E-state index in [4.69, 9.17) is 23.2 Å². The number of benzene rings is 4. The first-order valence-electron chi connectivity index (χ1n) is 14.4. The normalized spacial score (nSPS) is 12.6. The molecule has 0 saturated carbocycles. The van der Waals surface area contributed by atoms with Crippen molar-refractivity contribution in [3.05, 3.63) is 129 Å². The van der Waals surface area contributed by atoms with E-state index >= 15 is 0 Å². The minimum absolute atomic E-state index is 0.00122. The molecular weight excluding hydrogens is 697 g/mol. The molecule has 2 atom stereocenters. The Kier molecular flexibility index (Phi) is 12.1. The van der Waals surface area contributed by atoms with E-state index in [0.717, 1.165) is 19.9 Å². The predicted octanol–water partition coefficient (Wildman–Crippen LogP) is 7.51. The number of hydrogen-bond acceptors (Lipinski definition) is 4. The lowest BCUT2D eigenvalue weighted by Gasteiger charge is -2.34. The molecule has 0 aliphatic carbocycles. The van der Waals surface area contributed by atoms with E-state index < -0.39 is 28.5 Å². The molecule has 236 valence electrons. The van der Waals surface area contributed by atoms with Crippen LogP contribution in [0.25, 0.3) is 0 Å². The molecule has 0 fully saturated rings. The van der Waals surface area contributed by atoms with Crippen molar-refractivity contribution >= 4 is 66.7 Å². The minimum atomic E-state index is -4.24. The van der Waals surface area contributed by atoms with E-state index in [0.29, 0.717) is 6.42 Å². The summed E-state index contributed by atoms with van der Waals surface area (Å²) >= 11 is 15.9. The summed E-state index contributed by atoms with van der Waals surface area (Å²) < 4.78 is 30.0. The average molecular weight is 732 g/mol. The topological polar surface area (TPSA) is 86.8 Å². The fourth-order valence-electron chi connectivity index (χ4n) is 4.67. The van der Waals surface area contributed by atoms with Crippen LogP contribution >= 0.6 is 39.1 Å². The molecule has 0 spiro atoms. The highest BCUT2D eigenvalue weighted by atomic mass is 79.9. The Hall–Kier alpha value is -3.37. The van der Waals surface area contributed by atoms with Gasteiger partial charge in [-0.1, -0.05) is 107 Å². The second kappa shape index (κ2) is 15.8. The summed E-state index contributed by atoms with van der Waals surface area (Å²) in [7, 11) is -4.24. The Morgan fingerprint density at radius 1 is 0.844 bits per heavy atom. The first-order valence-corrected chi connectivity index (χ1v) is 17.4. The number of sulfonamides is 1. The van der Waals surface area contributed by atoms with Crippen molar-refractivity contribution in [3.63, 3.8) is 0 Å². The SMILES string of the molecule is CC[C@@H](C)NC(=O)[C@@H](Cc1ccccc1)N(Cc1ccc(Br)cc1)C(=O)CN(c1ccc(Cl)c(Cl)c1)S(=O)(=O)c1ccccc1. The molecule has 4 aromatic rings. The predicted molar refractivity (Wildman–Crippen MR) is 184 cm³/mol. The molecule has 1 N–H and O–H groups in total. The number of halogens is 3. The molecule has 0 bridgehead atoms. The number of nitrogens with one attached hydrogen (secondary N) is 1. The van der Waals surface area contributed by atoms with Crippen LogP contribution in [-0.4, -0.2) is 43.8 Å². The number of nitrogens with zero attached hydrogens (tertiary/aromatic N) is 2. The van der Waals surface area contributed by atoms with Gasteiger partial charge in [0, 0.05) is 23.5 Å². The largest absolute Gasteiger partial charge is 0.352 e. The molecule has 4 aromatic carbocycles. The molecule has 0 aliphatic heterocycles. The van der Waals surface area contributed by atoms with Crippen molar-refractivity contribution < 1.29 is 18.0 Å². The van der Waals surface area contributed by atoms with Gasteiger partial charge in [-0.2, -0.15) is 0 Å². The first-order chi connectivity index (χ1) is 21.5. The van der Waals surface area contributed by atoms with E-state index in [1.165, 1.54) is 35.2 Å². The van der Waals surface area contributed by atoms with Gasteiger partial charge in [0.1, 0.15) is 12.6 Å². The number of carbonyl (C=O) groups excluding carboxylic acids is 2. The third kappa shape index (κ3) is 9.10. The monoisotopic (exact) mass is 729 g/mol. The third-order valence-corrected chi connectivity index (χ3v) is 10.4. The number of carbonyl (C=O) groups is 2. The van der Waals surface area contributed by atoms with Gasteiger partial charge in [0.05, 0.1) is 20.6 Å². The van der Waals surface area contributed by atoms with E-state index in [-0.39, 0.29) is 45.5 Å². The summed E-state index contributed by atoms with van der Waals surface area (Å²) in [6.45, 7) is 3.34. The highest BCUT2D eigenvalue weighted by Crippen LogP contribution is 2.31. The van der Waals surface area contributed by atoms with Gasteiger partial charge >= 0.3 is 0 Å². The molecule has 0 heterocycles. The second-order valence-corrected chi connectivity index (χ2v) is 14.2. The van der Waals surface area contributed by atoms with Gasteiger partial charge in [-0.25, -0.2) is 8.42 Å². The van der Waals surface area contributed by atoms with Crippen LogP contribution in [0.5, 0.6) is 0 Å². The fourth-order valence-corrected chi connectivity index (χ4v) is 6.65. The molecule has 0 radical (unpaired) electrons. The summed E-state index contributed by atoms with van der Waals surface area (Å²) in [5.74, 6) is -0.894. The highest BCUT2D eigenvalue weighted by Gasteiger charge is 2.35. The van der Waals surface area contributed by atoms with Gasteiger partial charge in [-0.05, 0) is 66.9 Å². The van der Waals surface area contributed by atoms with Crippen LogP contribution in [0.4, 0.5) is 5.69 Å². The Morgan fingerprint density at radius 3 is 2.07 bits per heavy atom. The Morgan fingerprint density at radius 2 is 1.47 bits per heavy atom. The lowest BCUT2D eigenvalue weighted by atomic mass is 10.0. The van der Waals surface area contributed by atoms with Crippen LogP contribution in [0.1, 0.15) is 31.4 Å². The van der Waals surface area contributed by atoms with Gasteiger partial charge in [0.15, 0.2) is 0 Å². The zero-order chi connectivity index (χ0) is 32.6. The van der Waals surface area contributed by atoms with Crippen LogP contribution in [0.2, 0.25) is 10.0 Å². The molecule has 0 unspecified atom stereocenters. The number of rotatable bonds is 13. The van der Waals surface area contributed by atoms with Crippen LogP contribution in [-0.2, 0) is 32.6 Å². The maximum atomic E-state index is 14.5. The Balaban J connectivity index is 1.81. The van der Waals surface area contributed by atoms with E-state index in [1.54, 1.807) is 18.2 Å². The van der Waals surface area contributed by atoms with Gasteiger partial charge < -0.3 is 10.2 Å². The lowest BCUT2D eigenvalue weighted by Crippen LogP contribution is -2.54. The summed E-state index contributed by atoms with van der Waals surface area (Å²) in [5.41, 5.74) is 1.79. The number of amides is 2. The van der Waals surface area contributed by atoms with Crippen LogP contribution in [0.3, 0.4) is 0 Å². The number of hydrogen-bond donors (Lipinski definition) is 1. The molecule has 7 nitrogen and oxygen atoms in total. The highest BCUT2D eigenvalue weighted by molar-refractivity contribution is 9.10. The van der Waals surface area contributed by atoms with Crippen molar-refractivity contribution in [1.29, 1.82) is 0 Å². The van der Waals surface area contributed by atoms with Crippen molar-refractivity contribution in [2.24, 2.45) is 0 Å². The van der Waals surface area contributed by atoms with Crippen LogP contribution in [0, 0.1) is 0 Å². The molecule has 0 aromatic heterocycles. The van der Waals surface area contributed by atoms with Gasteiger partial charge in [0.2, 0.25) is 11.8 Å². The van der Waals surface area contributed by atoms with E-state index in [2.05, 4.69) is 21.2 Å². The van der Waals surface area contributed by atoms with Crippen molar-refractivity contribution in [3.8, 4) is 0 Å². The van der Waals surface area contributed by atoms with Crippen LogP contribution in [0.15, 0.2) is 112 Å². The molecule has 2 amide bonds. The summed E-state index contributed by atoms with van der Waals surface area (Å²) in [6, 6.07) is 28.0. The van der Waals surface area contributed by atoms with Gasteiger partial charge in [-0.15, -0.1) is 0 Å². The van der Waals surface area contributed by atoms with E-state index in [9.17, 15) is 18.0 Å². The smallest absolute Gasteiger partial charge is 0.264 e. The fraction of sp³-hybridized carbons (Fsp3) is 0.235. The summed E-state index contributed by atoms with van der Waals surface area (Å²) in [5, 5.41) is 3.41. The third-order valence-electron chi connectivity index (χ3n) is 7.34. The van der Waals surface area contributed by atoms with E-state index in [1.807, 2.05) is 68.4 Å². The van der Waals surface area contributed by atoms with Crippen LogP contribution < -0.4 is 9.62 Å². The van der Waals surface area contributed by atoms with Crippen molar-refractivity contribution in [2.75, 3.05) is 10.8 Å². The lowest BCUT2D eigenvalue weighted by molar-refractivity contribution is -0.140. The molecule has 4 rings (SSSR count). The zero-order valence-electron chi connectivity index (χ0n) is 24.9. The zero-order valence-corrected chi connectivity index (χ0v) is 28.8. The first kappa shape index (κ1) is 34.5.